The van der Waals surface area contributed by atoms with Crippen LogP contribution in [0.2, 0.25) is 5.02 Å². The molecular weight excluding hydrogens is 298 g/mol. The zero-order valence-electron chi connectivity index (χ0n) is 12.1. The van der Waals surface area contributed by atoms with E-state index in [9.17, 15) is 9.59 Å². The Kier molecular flexibility index (Phi) is 6.30. The fourth-order valence-electron chi connectivity index (χ4n) is 1.54. The van der Waals surface area contributed by atoms with Gasteiger partial charge < -0.3 is 19.9 Å². The fourth-order valence-corrected chi connectivity index (χ4v) is 1.80. The molecule has 116 valence electrons. The number of carboxylic acids is 1. The Morgan fingerprint density at radius 2 is 2.10 bits per heavy atom. The molecule has 0 saturated heterocycles. The number of nitrogens with one attached hydrogen (secondary N) is 1. The van der Waals surface area contributed by atoms with Gasteiger partial charge in [-0.3, -0.25) is 9.59 Å². The monoisotopic (exact) mass is 315 g/mol. The second-order valence-electron chi connectivity index (χ2n) is 4.37. The lowest BCUT2D eigenvalue weighted by Gasteiger charge is -2.14. The zero-order valence-corrected chi connectivity index (χ0v) is 12.9. The number of methoxy groups -OCH3 is 1. The summed E-state index contributed by atoms with van der Waals surface area (Å²) in [6.07, 6.45) is 0.803. The van der Waals surface area contributed by atoms with Gasteiger partial charge in [0.25, 0.3) is 5.91 Å². The van der Waals surface area contributed by atoms with Crippen LogP contribution in [-0.2, 0) is 4.79 Å². The molecule has 0 aromatic heterocycles. The molecule has 0 radical (unpaired) electrons. The molecule has 21 heavy (non-hydrogen) atoms. The predicted octanol–water partition coefficient (Wildman–Crippen LogP) is 2.34. The molecular formula is C14H18ClNO5. The van der Waals surface area contributed by atoms with Crippen molar-refractivity contribution in [3.63, 3.8) is 0 Å². The molecule has 6 nitrogen and oxygen atoms in total. The number of hydrogen-bond acceptors (Lipinski definition) is 4. The number of carbonyl (C=O) groups is 2. The minimum Gasteiger partial charge on any atom is -0.493 e. The maximum absolute atomic E-state index is 12.0. The van der Waals surface area contributed by atoms with Crippen LogP contribution in [0.1, 0.15) is 30.6 Å². The highest BCUT2D eigenvalue weighted by molar-refractivity contribution is 6.32. The standard InChI is InChI=1S/C14H18ClNO5/c1-4-5-21-12-10(15)6-9(7-11(12)20-3)13(17)16-8(2)14(18)19/h6-8H,4-5H2,1-3H3,(H,16,17)(H,18,19). The Bertz CT molecular complexity index is 532. The van der Waals surface area contributed by atoms with Gasteiger partial charge in [0.2, 0.25) is 0 Å². The highest BCUT2D eigenvalue weighted by Gasteiger charge is 2.19. The second-order valence-corrected chi connectivity index (χ2v) is 4.78. The minimum absolute atomic E-state index is 0.203. The van der Waals surface area contributed by atoms with E-state index in [0.717, 1.165) is 6.42 Å². The van der Waals surface area contributed by atoms with E-state index in [4.69, 9.17) is 26.2 Å². The number of hydrogen-bond donors (Lipinski definition) is 2. The van der Waals surface area contributed by atoms with Gasteiger partial charge in [-0.2, -0.15) is 0 Å². The molecule has 0 bridgehead atoms. The predicted molar refractivity (Wildman–Crippen MR) is 78.4 cm³/mol. The van der Waals surface area contributed by atoms with Crippen LogP contribution in [0.4, 0.5) is 0 Å². The first kappa shape index (κ1) is 17.1. The molecule has 0 spiro atoms. The Labute approximate surface area is 128 Å². The van der Waals surface area contributed by atoms with E-state index < -0.39 is 17.9 Å². The van der Waals surface area contributed by atoms with Crippen molar-refractivity contribution in [2.24, 2.45) is 0 Å². The van der Waals surface area contributed by atoms with Crippen molar-refractivity contribution in [2.45, 2.75) is 26.3 Å². The van der Waals surface area contributed by atoms with Crippen LogP contribution in [0, 0.1) is 0 Å². The average molecular weight is 316 g/mol. The van der Waals surface area contributed by atoms with Crippen molar-refractivity contribution in [3.05, 3.63) is 22.7 Å². The molecule has 0 fully saturated rings. The quantitative estimate of drug-likeness (QED) is 0.806. The van der Waals surface area contributed by atoms with Gasteiger partial charge in [0, 0.05) is 5.56 Å². The molecule has 0 aliphatic carbocycles. The molecule has 2 N–H and O–H groups in total. The third-order valence-corrected chi connectivity index (χ3v) is 2.94. The summed E-state index contributed by atoms with van der Waals surface area (Å²) in [7, 11) is 1.44. The van der Waals surface area contributed by atoms with E-state index in [1.807, 2.05) is 6.92 Å². The van der Waals surface area contributed by atoms with Crippen LogP contribution in [0.25, 0.3) is 0 Å². The van der Waals surface area contributed by atoms with Crippen molar-refractivity contribution in [1.82, 2.24) is 5.32 Å². The topological polar surface area (TPSA) is 84.9 Å². The summed E-state index contributed by atoms with van der Waals surface area (Å²) < 4.78 is 10.6. The number of ether oxygens (including phenoxy) is 2. The van der Waals surface area contributed by atoms with E-state index >= 15 is 0 Å². The van der Waals surface area contributed by atoms with Crippen LogP contribution in [0.3, 0.4) is 0 Å². The molecule has 0 aliphatic heterocycles. The summed E-state index contributed by atoms with van der Waals surface area (Å²) in [4.78, 5) is 22.7. The molecule has 0 heterocycles. The maximum Gasteiger partial charge on any atom is 0.325 e. The zero-order chi connectivity index (χ0) is 16.0. The van der Waals surface area contributed by atoms with Crippen LogP contribution < -0.4 is 14.8 Å². The van der Waals surface area contributed by atoms with Gasteiger partial charge >= 0.3 is 5.97 Å². The van der Waals surface area contributed by atoms with Crippen molar-refractivity contribution in [2.75, 3.05) is 13.7 Å². The van der Waals surface area contributed by atoms with Gasteiger partial charge in [0.1, 0.15) is 6.04 Å². The number of amides is 1. The van der Waals surface area contributed by atoms with Gasteiger partial charge in [-0.05, 0) is 25.5 Å². The van der Waals surface area contributed by atoms with E-state index in [-0.39, 0.29) is 10.6 Å². The van der Waals surface area contributed by atoms with Crippen LogP contribution in [0.15, 0.2) is 12.1 Å². The first-order valence-electron chi connectivity index (χ1n) is 6.44. The molecule has 1 atom stereocenters. The molecule has 1 aromatic carbocycles. The average Bonchev–Trinajstić information content (AvgIpc) is 2.44. The number of aliphatic carboxylic acids is 1. The fraction of sp³-hybridized carbons (Fsp3) is 0.429. The third kappa shape index (κ3) is 4.53. The first-order chi connectivity index (χ1) is 9.90. The van der Waals surface area contributed by atoms with Gasteiger partial charge in [-0.15, -0.1) is 0 Å². The van der Waals surface area contributed by atoms with Gasteiger partial charge in [0.05, 0.1) is 18.7 Å². The van der Waals surface area contributed by atoms with Gasteiger partial charge in [0.15, 0.2) is 11.5 Å². The summed E-state index contributed by atoms with van der Waals surface area (Å²) in [6, 6.07) is 1.87. The largest absolute Gasteiger partial charge is 0.493 e. The lowest BCUT2D eigenvalue weighted by molar-refractivity contribution is -0.138. The lowest BCUT2D eigenvalue weighted by Crippen LogP contribution is -2.38. The van der Waals surface area contributed by atoms with Crippen LogP contribution in [-0.4, -0.2) is 36.7 Å². The molecule has 1 rings (SSSR count). The maximum atomic E-state index is 12.0. The third-order valence-electron chi connectivity index (χ3n) is 2.66. The first-order valence-corrected chi connectivity index (χ1v) is 6.82. The lowest BCUT2D eigenvalue weighted by atomic mass is 10.1. The molecule has 0 saturated carbocycles. The molecule has 1 amide bonds. The van der Waals surface area contributed by atoms with Crippen molar-refractivity contribution in [1.29, 1.82) is 0 Å². The normalized spacial score (nSPS) is 11.6. The smallest absolute Gasteiger partial charge is 0.325 e. The summed E-state index contributed by atoms with van der Waals surface area (Å²) >= 11 is 6.09. The molecule has 1 aromatic rings. The Morgan fingerprint density at radius 3 is 2.62 bits per heavy atom. The highest BCUT2D eigenvalue weighted by atomic mass is 35.5. The van der Waals surface area contributed by atoms with Crippen LogP contribution in [0.5, 0.6) is 11.5 Å². The van der Waals surface area contributed by atoms with Crippen molar-refractivity contribution < 1.29 is 24.2 Å². The second kappa shape index (κ2) is 7.73. The number of benzene rings is 1. The highest BCUT2D eigenvalue weighted by Crippen LogP contribution is 2.36. The van der Waals surface area contributed by atoms with E-state index in [1.54, 1.807) is 0 Å². The summed E-state index contributed by atoms with van der Waals surface area (Å²) in [5.41, 5.74) is 0.203. The van der Waals surface area contributed by atoms with Crippen molar-refractivity contribution in [3.8, 4) is 11.5 Å². The van der Waals surface area contributed by atoms with E-state index in [2.05, 4.69) is 5.32 Å². The SMILES string of the molecule is CCCOc1c(Cl)cc(C(=O)NC(C)C(=O)O)cc1OC. The Morgan fingerprint density at radius 1 is 1.43 bits per heavy atom. The molecule has 7 heteroatoms. The van der Waals surface area contributed by atoms with Crippen molar-refractivity contribution >= 4 is 23.5 Å². The Hall–Kier alpha value is -1.95. The van der Waals surface area contributed by atoms with Crippen LogP contribution >= 0.6 is 11.6 Å². The number of rotatable bonds is 7. The molecule has 0 aliphatic rings. The van der Waals surface area contributed by atoms with Gasteiger partial charge in [-0.1, -0.05) is 18.5 Å². The van der Waals surface area contributed by atoms with E-state index in [0.29, 0.717) is 18.1 Å². The minimum atomic E-state index is -1.12. The number of halogens is 1. The number of carbonyl (C=O) groups excluding carboxylic acids is 1. The van der Waals surface area contributed by atoms with E-state index in [1.165, 1.54) is 26.2 Å². The van der Waals surface area contributed by atoms with Gasteiger partial charge in [-0.25, -0.2) is 0 Å². The summed E-state index contributed by atoms with van der Waals surface area (Å²) in [5, 5.41) is 11.4. The number of carboxylic acid groups (broad SMARTS) is 1. The summed E-state index contributed by atoms with van der Waals surface area (Å²) in [6.45, 7) is 3.80. The Balaban J connectivity index is 3.02. The summed E-state index contributed by atoms with van der Waals surface area (Å²) in [5.74, 6) is -0.982. The molecule has 1 unspecified atom stereocenters.